The third-order valence-electron chi connectivity index (χ3n) is 19.2. The van der Waals surface area contributed by atoms with E-state index in [0.29, 0.717) is 103 Å². The van der Waals surface area contributed by atoms with Crippen molar-refractivity contribution in [3.05, 3.63) is 130 Å². The molecule has 4 saturated heterocycles. The Morgan fingerprint density at radius 1 is 0.705 bits per heavy atom. The number of esters is 1. The van der Waals surface area contributed by atoms with Gasteiger partial charge in [-0.15, -0.1) is 6.58 Å². The first kappa shape index (κ1) is 89.0. The van der Waals surface area contributed by atoms with Gasteiger partial charge in [-0.2, -0.15) is 10.2 Å². The van der Waals surface area contributed by atoms with Crippen molar-refractivity contribution in [1.29, 1.82) is 5.26 Å². The van der Waals surface area contributed by atoms with E-state index in [1.165, 1.54) is 25.2 Å². The number of rotatable bonds is 19. The Balaban J connectivity index is 0.000000250. The van der Waals surface area contributed by atoms with Crippen LogP contribution < -0.4 is 59.3 Å². The fourth-order valence-corrected chi connectivity index (χ4v) is 14.6. The predicted octanol–water partition coefficient (Wildman–Crippen LogP) is 10.6. The summed E-state index contributed by atoms with van der Waals surface area (Å²) >= 11 is 6.27. The molecule has 3 aromatic heterocycles. The fraction of sp³-hybridized carbons (Fsp3) is 0.494. The molecule has 0 bridgehead atoms. The molecule has 0 unspecified atom stereocenters. The number of alkyl carbamates (subject to hydrolysis) is 1. The van der Waals surface area contributed by atoms with Crippen LogP contribution in [-0.4, -0.2) is 214 Å². The second kappa shape index (κ2) is 38.8. The van der Waals surface area contributed by atoms with Crippen molar-refractivity contribution in [3.8, 4) is 34.9 Å². The zero-order valence-corrected chi connectivity index (χ0v) is 64.9. The number of nitrogens with zero attached hydrogens (tertiary/aromatic N) is 7. The van der Waals surface area contributed by atoms with Gasteiger partial charge < -0.3 is 82.6 Å². The highest BCUT2D eigenvalue weighted by Gasteiger charge is 2.62. The summed E-state index contributed by atoms with van der Waals surface area (Å²) in [5.74, 6) is 2.46. The number of aromatic nitrogens is 3. The lowest BCUT2D eigenvalue weighted by Gasteiger charge is -2.36. The molecule has 29 nitrogen and oxygen atoms in total. The lowest BCUT2D eigenvalue weighted by Crippen LogP contribution is -2.60. The molecule has 4 aromatic carbocycles. The number of carbonyl (C=O) groups is 5. The van der Waals surface area contributed by atoms with Crippen LogP contribution in [0.5, 0.6) is 28.9 Å². The summed E-state index contributed by atoms with van der Waals surface area (Å²) in [6.07, 6.45) is 1.13. The van der Waals surface area contributed by atoms with Gasteiger partial charge in [0.1, 0.15) is 74.9 Å². The first-order valence-corrected chi connectivity index (χ1v) is 37.9. The SMILES string of the molecule is C.C.C.C=C[C@@H]1C[C@]1(NC(=O)[C@@H]1C[C@@H](Oc2nc(N3CCOCC3)cc3cc(OC)ccc23)CN1C(=O)[C@@H](NC(=O)OC(C)(C)C)C(C)(C)C)C(=O)NS(=O)(=O)C1CC1.COC(=O)c1ccc(OC)cc1CC#N.COc1ccc2c(=O)[nH]c(N3CCOCC3)cc2c1.COc1ccc2c(Cl)nc(N3CCOCC3)cc2c1. The molecular formula is C81H108ClN11O18S. The maximum absolute atomic E-state index is 14.7. The fourth-order valence-electron chi connectivity index (χ4n) is 13.0. The van der Waals surface area contributed by atoms with E-state index < -0.39 is 85.7 Å². The van der Waals surface area contributed by atoms with Crippen LogP contribution in [0.4, 0.5) is 22.2 Å². The van der Waals surface area contributed by atoms with E-state index in [9.17, 15) is 37.2 Å². The third-order valence-corrected chi connectivity index (χ3v) is 21.3. The zero-order chi connectivity index (χ0) is 78.5. The Labute approximate surface area is 660 Å². The molecule has 5 atom stereocenters. The van der Waals surface area contributed by atoms with Crippen molar-refractivity contribution in [1.82, 2.24) is 35.2 Å². The van der Waals surface area contributed by atoms with Gasteiger partial charge in [0.05, 0.1) is 105 Å². The normalized spacial score (nSPS) is 18.8. The number of morpholine rings is 3. The highest BCUT2D eigenvalue weighted by atomic mass is 35.5. The highest BCUT2D eigenvalue weighted by Crippen LogP contribution is 2.46. The Hall–Kier alpha value is -10.2. The number of anilines is 3. The Morgan fingerprint density at radius 2 is 1.21 bits per heavy atom. The summed E-state index contributed by atoms with van der Waals surface area (Å²) < 4.78 is 81.6. The number of hydrogen-bond acceptors (Lipinski definition) is 24. The second-order valence-electron chi connectivity index (χ2n) is 28.9. The number of methoxy groups -OCH3 is 5. The van der Waals surface area contributed by atoms with Crippen LogP contribution in [-0.2, 0) is 54.5 Å². The van der Waals surface area contributed by atoms with Gasteiger partial charge in [0.2, 0.25) is 27.7 Å². The van der Waals surface area contributed by atoms with Crippen molar-refractivity contribution >= 4 is 101 Å². The molecule has 608 valence electrons. The number of ether oxygens (including phenoxy) is 10. The molecule has 2 aliphatic carbocycles. The molecule has 0 spiro atoms. The number of hydrogen-bond donors (Lipinski definition) is 4. The van der Waals surface area contributed by atoms with Crippen molar-refractivity contribution in [2.24, 2.45) is 11.3 Å². The van der Waals surface area contributed by atoms with E-state index in [4.69, 9.17) is 64.5 Å². The van der Waals surface area contributed by atoms with E-state index in [2.05, 4.69) is 57.4 Å². The first-order valence-electron chi connectivity index (χ1n) is 35.9. The minimum Gasteiger partial charge on any atom is -0.497 e. The first-order chi connectivity index (χ1) is 52.0. The van der Waals surface area contributed by atoms with Crippen molar-refractivity contribution < 1.29 is 79.8 Å². The number of nitriles is 1. The molecule has 6 aliphatic rings. The Kier molecular flexibility index (Phi) is 30.9. The average Bonchev–Trinajstić information content (AvgIpc) is 1.18. The maximum Gasteiger partial charge on any atom is 0.408 e. The highest BCUT2D eigenvalue weighted by molar-refractivity contribution is 7.91. The number of halogens is 1. The zero-order valence-electron chi connectivity index (χ0n) is 63.3. The molecule has 4 N–H and O–H groups in total. The van der Waals surface area contributed by atoms with Crippen molar-refractivity contribution in [2.75, 3.05) is 136 Å². The maximum atomic E-state index is 14.7. The summed E-state index contributed by atoms with van der Waals surface area (Å²) in [7, 11) is 3.79. The van der Waals surface area contributed by atoms with Crippen LogP contribution in [0.25, 0.3) is 32.3 Å². The van der Waals surface area contributed by atoms with Gasteiger partial charge in [0.25, 0.3) is 11.5 Å². The summed E-state index contributed by atoms with van der Waals surface area (Å²) in [5.41, 5.74) is -2.30. The lowest BCUT2D eigenvalue weighted by molar-refractivity contribution is -0.143. The third kappa shape index (κ3) is 22.1. The predicted molar refractivity (Wildman–Crippen MR) is 432 cm³/mol. The molecule has 31 heteroatoms. The van der Waals surface area contributed by atoms with Crippen LogP contribution in [0.3, 0.4) is 0 Å². The van der Waals surface area contributed by atoms with Crippen LogP contribution >= 0.6 is 11.6 Å². The molecule has 0 radical (unpaired) electrons. The summed E-state index contributed by atoms with van der Waals surface area (Å²) in [6.45, 7) is 22.7. The minimum atomic E-state index is -3.92. The Morgan fingerprint density at radius 3 is 1.71 bits per heavy atom. The van der Waals surface area contributed by atoms with Crippen molar-refractivity contribution in [3.63, 3.8) is 0 Å². The van der Waals surface area contributed by atoms with Crippen LogP contribution in [0.15, 0.2) is 108 Å². The van der Waals surface area contributed by atoms with Gasteiger partial charge in [-0.25, -0.2) is 23.0 Å². The number of benzene rings is 4. The molecular weight excluding hydrogens is 1480 g/mol. The topological polar surface area (TPSA) is 343 Å². The molecule has 2 saturated carbocycles. The number of aromatic amines is 1. The molecule has 4 aliphatic heterocycles. The van der Waals surface area contributed by atoms with Gasteiger partial charge >= 0.3 is 12.1 Å². The van der Waals surface area contributed by atoms with Crippen LogP contribution in [0.1, 0.15) is 105 Å². The molecule has 4 amide bonds. The van der Waals surface area contributed by atoms with E-state index in [0.717, 1.165) is 84.1 Å². The molecule has 6 fully saturated rings. The number of sulfonamides is 1. The smallest absolute Gasteiger partial charge is 0.408 e. The van der Waals surface area contributed by atoms with Crippen LogP contribution in [0.2, 0.25) is 5.15 Å². The molecule has 7 aromatic rings. The second-order valence-corrected chi connectivity index (χ2v) is 31.2. The molecule has 7 heterocycles. The monoisotopic (exact) mass is 1590 g/mol. The van der Waals surface area contributed by atoms with E-state index >= 15 is 0 Å². The number of fused-ring (bicyclic) bond motifs is 3. The standard InChI is InChI=1S/C39H54N6O10S.C14H15ClN2O2.C14H16N2O3.C11H11NO3.3CH4/c1-9-24-21-39(24,35(48)43-56(50,51)27-11-12-27)42-32(46)29-20-26(22-45(29)34(47)31(37(2,3)4)41-36(49)55-38(5,6)7)54-33-28-13-10-25(52-8)18-23(28)19-30(40-33)44-14-16-53-17-15-44;1-18-11-2-3-12-10(8-11)9-13(16-14(12)15)17-4-6-19-7-5-17;1-18-11-2-3-12-10(8-11)9-13(15-14(12)17)16-4-6-19-7-5-16;1-14-9-3-4-10(11(13)15-2)8(7-9)5-6-12;;;/h9-10,13,18-19,24,26-27,29,31H,1,11-12,14-17,20-22H2,2-8H3,(H,41,49)(H,42,46)(H,43,48);2-3,8-9H,4-7H2,1H3;2-3,8-9H,4-7H2,1H3,(H,15,17);3-4,7H,5H2,1-2H3;3*1H4/t24-,26-,29+,31-,39-;;;;;;/m1....../s1. The average molecular weight is 1590 g/mol. The van der Waals surface area contributed by atoms with E-state index in [1.54, 1.807) is 99.3 Å². The quantitative estimate of drug-likeness (QED) is 0.0332. The van der Waals surface area contributed by atoms with E-state index in [-0.39, 0.29) is 53.6 Å². The van der Waals surface area contributed by atoms with Gasteiger partial charge in [-0.1, -0.05) is 60.7 Å². The van der Waals surface area contributed by atoms with Crippen LogP contribution in [0, 0.1) is 22.7 Å². The Bertz CT molecular complexity index is 4700. The largest absolute Gasteiger partial charge is 0.497 e. The van der Waals surface area contributed by atoms with Gasteiger partial charge in [-0.05, 0) is 158 Å². The number of likely N-dealkylation sites (tertiary alicyclic amines) is 1. The lowest BCUT2D eigenvalue weighted by atomic mass is 9.85. The number of carbonyl (C=O) groups excluding carboxylic acids is 5. The number of nitrogens with one attached hydrogen (secondary N) is 4. The molecule has 13 rings (SSSR count). The molecule has 112 heavy (non-hydrogen) atoms. The van der Waals surface area contributed by atoms with Crippen molar-refractivity contribution in [2.45, 2.75) is 131 Å². The van der Waals surface area contributed by atoms with Gasteiger partial charge in [0, 0.05) is 67.8 Å². The summed E-state index contributed by atoms with van der Waals surface area (Å²) in [6, 6.07) is 27.4. The summed E-state index contributed by atoms with van der Waals surface area (Å²) in [4.78, 5) is 99.2. The number of H-pyrrole nitrogens is 1. The summed E-state index contributed by atoms with van der Waals surface area (Å²) in [5, 5.41) is 19.1. The van der Waals surface area contributed by atoms with E-state index in [1.807, 2.05) is 54.6 Å². The number of pyridine rings is 3. The number of amides is 4. The minimum absolute atomic E-state index is 0. The van der Waals surface area contributed by atoms with Gasteiger partial charge in [-0.3, -0.25) is 23.9 Å². The van der Waals surface area contributed by atoms with Gasteiger partial charge in [0.15, 0.2) is 0 Å².